The molecule has 0 aliphatic carbocycles. The smallest absolute Gasteiger partial charge is 0.223 e. The Hall–Kier alpha value is -2.74. The monoisotopic (exact) mass is 388 g/mol. The minimum absolute atomic E-state index is 0.00257. The second-order valence-electron chi connectivity index (χ2n) is 5.84. The zero-order valence-corrected chi connectivity index (χ0v) is 15.9. The highest BCUT2D eigenvalue weighted by atomic mass is 32.2. The Morgan fingerprint density at radius 3 is 3.07 bits per heavy atom. The van der Waals surface area contributed by atoms with Crippen LogP contribution in [0.2, 0.25) is 0 Å². The Bertz CT molecular complexity index is 873. The maximum absolute atomic E-state index is 13.6. The number of hydrogen-bond donors (Lipinski definition) is 2. The van der Waals surface area contributed by atoms with Crippen LogP contribution in [0.15, 0.2) is 52.6 Å². The Labute approximate surface area is 161 Å². The van der Waals surface area contributed by atoms with Crippen LogP contribution >= 0.6 is 11.9 Å². The van der Waals surface area contributed by atoms with Crippen LogP contribution < -0.4 is 19.9 Å². The lowest BCUT2D eigenvalue weighted by Crippen LogP contribution is -2.10. The third-order valence-electron chi connectivity index (χ3n) is 3.69. The number of fused-ring (bicyclic) bond motifs is 1. The van der Waals surface area contributed by atoms with Crippen molar-refractivity contribution in [2.24, 2.45) is 10.7 Å². The van der Waals surface area contributed by atoms with E-state index in [0.29, 0.717) is 35.5 Å². The summed E-state index contributed by atoms with van der Waals surface area (Å²) in [5, 5.41) is 0. The van der Waals surface area contributed by atoms with Crippen LogP contribution in [0.4, 0.5) is 10.1 Å². The van der Waals surface area contributed by atoms with Gasteiger partial charge in [0.1, 0.15) is 18.2 Å². The third kappa shape index (κ3) is 4.71. The van der Waals surface area contributed by atoms with Crippen molar-refractivity contribution < 1.29 is 13.9 Å². The second kappa shape index (κ2) is 8.77. The van der Waals surface area contributed by atoms with Gasteiger partial charge in [-0.3, -0.25) is 4.99 Å². The lowest BCUT2D eigenvalue weighted by atomic mass is 10.1. The quantitative estimate of drug-likeness (QED) is 0.733. The fourth-order valence-electron chi connectivity index (χ4n) is 2.52. The van der Waals surface area contributed by atoms with Crippen LogP contribution in [0.5, 0.6) is 11.6 Å². The average Bonchev–Trinajstić information content (AvgIpc) is 2.81. The first-order chi connectivity index (χ1) is 13.1. The second-order valence-corrected chi connectivity index (χ2v) is 6.69. The molecule has 1 aromatic carbocycles. The molecule has 0 bridgehead atoms. The van der Waals surface area contributed by atoms with Crippen LogP contribution in [0.3, 0.4) is 0 Å². The van der Waals surface area contributed by atoms with Crippen LogP contribution in [0.1, 0.15) is 19.4 Å². The van der Waals surface area contributed by atoms with Crippen molar-refractivity contribution in [2.45, 2.75) is 24.8 Å². The molecule has 1 aromatic heterocycles. The van der Waals surface area contributed by atoms with Gasteiger partial charge in [-0.25, -0.2) is 9.37 Å². The summed E-state index contributed by atoms with van der Waals surface area (Å²) in [5.41, 5.74) is 7.73. The largest absolute Gasteiger partial charge is 0.493 e. The fraction of sp³-hybridized carbons (Fsp3) is 0.263. The summed E-state index contributed by atoms with van der Waals surface area (Å²) in [6.45, 7) is 4.80. The van der Waals surface area contributed by atoms with Crippen molar-refractivity contribution in [1.29, 1.82) is 0 Å². The highest BCUT2D eigenvalue weighted by Gasteiger charge is 2.18. The van der Waals surface area contributed by atoms with Gasteiger partial charge >= 0.3 is 0 Å². The van der Waals surface area contributed by atoms with Crippen molar-refractivity contribution in [3.05, 3.63) is 54.1 Å². The number of allylic oxidation sites excluding steroid dienone is 1. The zero-order chi connectivity index (χ0) is 19.2. The first kappa shape index (κ1) is 19.0. The molecule has 3 N–H and O–H groups in total. The molecule has 3 rings (SSSR count). The predicted octanol–water partition coefficient (Wildman–Crippen LogP) is 3.78. The molecular formula is C19H21FN4O2S. The molecule has 8 heteroatoms. The Kier molecular flexibility index (Phi) is 6.18. The number of nitrogens with two attached hydrogens (primary N) is 1. The van der Waals surface area contributed by atoms with E-state index >= 15 is 0 Å². The average molecular weight is 388 g/mol. The first-order valence-electron chi connectivity index (χ1n) is 8.55. The molecule has 0 saturated carbocycles. The summed E-state index contributed by atoms with van der Waals surface area (Å²) >= 11 is 1.25. The topological polar surface area (TPSA) is 81.8 Å². The zero-order valence-electron chi connectivity index (χ0n) is 15.1. The highest BCUT2D eigenvalue weighted by Crippen LogP contribution is 2.32. The number of aliphatic imine (C=N–C) groups is 1. The van der Waals surface area contributed by atoms with Gasteiger partial charge in [0, 0.05) is 0 Å². The van der Waals surface area contributed by atoms with E-state index in [1.807, 2.05) is 19.9 Å². The number of anilines is 1. The van der Waals surface area contributed by atoms with Gasteiger partial charge in [-0.1, -0.05) is 0 Å². The maximum atomic E-state index is 13.6. The predicted molar refractivity (Wildman–Crippen MR) is 106 cm³/mol. The summed E-state index contributed by atoms with van der Waals surface area (Å²) in [6, 6.07) is 6.29. The number of hydrogen-bond acceptors (Lipinski definition) is 7. The van der Waals surface area contributed by atoms with Gasteiger partial charge in [0.05, 0.1) is 40.7 Å². The van der Waals surface area contributed by atoms with Crippen LogP contribution in [0, 0.1) is 5.82 Å². The van der Waals surface area contributed by atoms with Gasteiger partial charge in [0.2, 0.25) is 5.88 Å². The van der Waals surface area contributed by atoms with E-state index in [1.165, 1.54) is 30.3 Å². The molecule has 0 fully saturated rings. The van der Waals surface area contributed by atoms with E-state index in [9.17, 15) is 4.39 Å². The molecule has 1 aliphatic heterocycles. The van der Waals surface area contributed by atoms with Gasteiger partial charge in [0.25, 0.3) is 0 Å². The molecule has 2 heterocycles. The molecule has 0 saturated heterocycles. The van der Waals surface area contributed by atoms with Crippen molar-refractivity contribution in [3.8, 4) is 11.6 Å². The van der Waals surface area contributed by atoms with Crippen LogP contribution in [-0.2, 0) is 0 Å². The normalized spacial score (nSPS) is 16.3. The SMILES string of the molecule is CCOc1ccc(F)cc1SNc1cnc2c(c1)C(C=CN)=NC(C)CO2. The van der Waals surface area contributed by atoms with Crippen molar-refractivity contribution in [1.82, 2.24) is 4.98 Å². The number of nitrogens with one attached hydrogen (secondary N) is 1. The highest BCUT2D eigenvalue weighted by molar-refractivity contribution is 8.00. The van der Waals surface area contributed by atoms with Gasteiger partial charge < -0.3 is 19.9 Å². The summed E-state index contributed by atoms with van der Waals surface area (Å²) in [5.74, 6) is 0.796. The standard InChI is InChI=1S/C19H21FN4O2S/c1-3-25-17-5-4-13(20)8-18(17)27-24-14-9-15-16(6-7-21)23-12(2)11-26-19(15)22-10-14/h4-10,12,24H,3,11,21H2,1-2H3. The molecule has 27 heavy (non-hydrogen) atoms. The van der Waals surface area contributed by atoms with E-state index in [2.05, 4.69) is 14.7 Å². The van der Waals surface area contributed by atoms with Crippen molar-refractivity contribution >= 4 is 23.3 Å². The number of halogens is 1. The maximum Gasteiger partial charge on any atom is 0.223 e. The molecular weight excluding hydrogens is 367 g/mol. The number of rotatable bonds is 6. The number of pyridine rings is 1. The summed E-state index contributed by atoms with van der Waals surface area (Å²) < 4.78 is 28.0. The van der Waals surface area contributed by atoms with Gasteiger partial charge in [-0.2, -0.15) is 0 Å². The molecule has 1 unspecified atom stereocenters. The molecule has 2 aromatic rings. The first-order valence-corrected chi connectivity index (χ1v) is 9.37. The molecule has 0 radical (unpaired) electrons. The number of nitrogens with zero attached hydrogens (tertiary/aromatic N) is 2. The summed E-state index contributed by atoms with van der Waals surface area (Å²) in [6.07, 6.45) is 4.82. The summed E-state index contributed by atoms with van der Waals surface area (Å²) in [4.78, 5) is 9.62. The molecule has 0 amide bonds. The minimum Gasteiger partial charge on any atom is -0.493 e. The van der Waals surface area contributed by atoms with E-state index in [1.54, 1.807) is 18.3 Å². The minimum atomic E-state index is -0.326. The lowest BCUT2D eigenvalue weighted by molar-refractivity contribution is 0.289. The van der Waals surface area contributed by atoms with Gasteiger partial charge in [0.15, 0.2) is 0 Å². The van der Waals surface area contributed by atoms with Crippen LogP contribution in [-0.4, -0.2) is 30.0 Å². The van der Waals surface area contributed by atoms with E-state index in [0.717, 1.165) is 11.3 Å². The van der Waals surface area contributed by atoms with Gasteiger partial charge in [-0.15, -0.1) is 0 Å². The number of ether oxygens (including phenoxy) is 2. The van der Waals surface area contributed by atoms with E-state index < -0.39 is 0 Å². The third-order valence-corrected chi connectivity index (χ3v) is 4.56. The molecule has 142 valence electrons. The number of aromatic nitrogens is 1. The molecule has 0 spiro atoms. The van der Waals surface area contributed by atoms with Crippen molar-refractivity contribution in [3.63, 3.8) is 0 Å². The Morgan fingerprint density at radius 2 is 2.30 bits per heavy atom. The number of benzene rings is 1. The Balaban J connectivity index is 1.85. The summed E-state index contributed by atoms with van der Waals surface area (Å²) in [7, 11) is 0. The molecule has 1 aliphatic rings. The van der Waals surface area contributed by atoms with E-state index in [4.69, 9.17) is 15.2 Å². The molecule has 1 atom stereocenters. The van der Waals surface area contributed by atoms with Crippen molar-refractivity contribution in [2.75, 3.05) is 17.9 Å². The fourth-order valence-corrected chi connectivity index (χ4v) is 3.26. The van der Waals surface area contributed by atoms with Gasteiger partial charge in [-0.05, 0) is 62.3 Å². The lowest BCUT2D eigenvalue weighted by Gasteiger charge is -2.12. The van der Waals surface area contributed by atoms with E-state index in [-0.39, 0.29) is 11.9 Å². The van der Waals surface area contributed by atoms with Crippen LogP contribution in [0.25, 0.3) is 0 Å². The Morgan fingerprint density at radius 1 is 1.44 bits per heavy atom. The molecule has 6 nitrogen and oxygen atoms in total.